The summed E-state index contributed by atoms with van der Waals surface area (Å²) in [4.78, 5) is 0. The molecule has 106 valence electrons. The molecule has 4 heteroatoms. The molecular formula is C16H18ClNO2. The Kier molecular flexibility index (Phi) is 5.13. The van der Waals surface area contributed by atoms with Crippen LogP contribution in [0.1, 0.15) is 12.5 Å². The van der Waals surface area contributed by atoms with Crippen LogP contribution in [-0.2, 0) is 6.54 Å². The number of rotatable bonds is 6. The van der Waals surface area contributed by atoms with Gasteiger partial charge in [0.25, 0.3) is 0 Å². The van der Waals surface area contributed by atoms with Gasteiger partial charge in [-0.3, -0.25) is 0 Å². The first-order valence-corrected chi connectivity index (χ1v) is 6.90. The summed E-state index contributed by atoms with van der Waals surface area (Å²) in [5.41, 5.74) is 2.05. The van der Waals surface area contributed by atoms with E-state index in [4.69, 9.17) is 21.1 Å². The predicted octanol–water partition coefficient (Wildman–Crippen LogP) is 4.36. The van der Waals surface area contributed by atoms with Gasteiger partial charge in [-0.2, -0.15) is 0 Å². The fraction of sp³-hybridized carbons (Fsp3) is 0.250. The van der Waals surface area contributed by atoms with Crippen LogP contribution >= 0.6 is 11.6 Å². The Balaban J connectivity index is 2.02. The van der Waals surface area contributed by atoms with Crippen molar-refractivity contribution in [2.75, 3.05) is 19.0 Å². The SMILES string of the molecule is CCOc1ccc(NCc2cc(Cl)ccc2OC)cc1. The zero-order chi connectivity index (χ0) is 14.4. The Bertz CT molecular complexity index is 555. The molecule has 20 heavy (non-hydrogen) atoms. The third-order valence-electron chi connectivity index (χ3n) is 2.89. The zero-order valence-corrected chi connectivity index (χ0v) is 12.4. The fourth-order valence-corrected chi connectivity index (χ4v) is 2.11. The van der Waals surface area contributed by atoms with Gasteiger partial charge < -0.3 is 14.8 Å². The second-order valence-electron chi connectivity index (χ2n) is 4.27. The fourth-order valence-electron chi connectivity index (χ4n) is 1.92. The maximum atomic E-state index is 6.01. The summed E-state index contributed by atoms with van der Waals surface area (Å²) >= 11 is 6.01. The standard InChI is InChI=1S/C16H18ClNO2/c1-3-20-15-7-5-14(6-8-15)18-11-12-10-13(17)4-9-16(12)19-2/h4-10,18H,3,11H2,1-2H3. The lowest BCUT2D eigenvalue weighted by Crippen LogP contribution is -2.01. The topological polar surface area (TPSA) is 30.5 Å². The van der Waals surface area contributed by atoms with Crippen LogP contribution in [0.15, 0.2) is 42.5 Å². The van der Waals surface area contributed by atoms with Crippen molar-refractivity contribution in [1.82, 2.24) is 0 Å². The molecule has 0 heterocycles. The first-order valence-electron chi connectivity index (χ1n) is 6.52. The normalized spacial score (nSPS) is 10.2. The average molecular weight is 292 g/mol. The van der Waals surface area contributed by atoms with Crippen LogP contribution in [0.2, 0.25) is 5.02 Å². The second kappa shape index (κ2) is 7.06. The highest BCUT2D eigenvalue weighted by Crippen LogP contribution is 2.24. The molecule has 0 spiro atoms. The molecule has 0 aromatic heterocycles. The molecule has 3 nitrogen and oxygen atoms in total. The van der Waals surface area contributed by atoms with Crippen molar-refractivity contribution in [1.29, 1.82) is 0 Å². The van der Waals surface area contributed by atoms with E-state index in [-0.39, 0.29) is 0 Å². The molecule has 0 radical (unpaired) electrons. The van der Waals surface area contributed by atoms with Gasteiger partial charge in [-0.05, 0) is 49.4 Å². The number of hydrogen-bond acceptors (Lipinski definition) is 3. The Labute approximate surface area is 124 Å². The molecule has 0 saturated heterocycles. The van der Waals surface area contributed by atoms with Gasteiger partial charge >= 0.3 is 0 Å². The first kappa shape index (κ1) is 14.5. The highest BCUT2D eigenvalue weighted by Gasteiger charge is 2.04. The van der Waals surface area contributed by atoms with Gasteiger partial charge in [-0.15, -0.1) is 0 Å². The number of nitrogens with one attached hydrogen (secondary N) is 1. The third-order valence-corrected chi connectivity index (χ3v) is 3.13. The summed E-state index contributed by atoms with van der Waals surface area (Å²) in [7, 11) is 1.66. The van der Waals surface area contributed by atoms with Crippen LogP contribution < -0.4 is 14.8 Å². The number of halogens is 1. The summed E-state index contributed by atoms with van der Waals surface area (Å²) in [6.45, 7) is 3.29. The molecule has 0 unspecified atom stereocenters. The molecule has 0 aliphatic carbocycles. The number of hydrogen-bond donors (Lipinski definition) is 1. The summed E-state index contributed by atoms with van der Waals surface area (Å²) < 4.78 is 10.7. The summed E-state index contributed by atoms with van der Waals surface area (Å²) in [5, 5.41) is 4.04. The second-order valence-corrected chi connectivity index (χ2v) is 4.70. The lowest BCUT2D eigenvalue weighted by molar-refractivity contribution is 0.340. The van der Waals surface area contributed by atoms with Crippen molar-refractivity contribution in [3.63, 3.8) is 0 Å². The van der Waals surface area contributed by atoms with E-state index in [1.807, 2.05) is 49.4 Å². The van der Waals surface area contributed by atoms with Gasteiger partial charge in [-0.1, -0.05) is 11.6 Å². The van der Waals surface area contributed by atoms with E-state index in [2.05, 4.69) is 5.32 Å². The summed E-state index contributed by atoms with van der Waals surface area (Å²) in [6.07, 6.45) is 0. The lowest BCUT2D eigenvalue weighted by atomic mass is 10.2. The van der Waals surface area contributed by atoms with Crippen molar-refractivity contribution in [2.45, 2.75) is 13.5 Å². The van der Waals surface area contributed by atoms with Gasteiger partial charge in [-0.25, -0.2) is 0 Å². The Hall–Kier alpha value is -1.87. The van der Waals surface area contributed by atoms with Crippen molar-refractivity contribution in [3.05, 3.63) is 53.1 Å². The Morgan fingerprint density at radius 3 is 2.50 bits per heavy atom. The smallest absolute Gasteiger partial charge is 0.123 e. The molecule has 2 aromatic rings. The molecule has 0 saturated carbocycles. The minimum absolute atomic E-state index is 0.651. The number of benzene rings is 2. The zero-order valence-electron chi connectivity index (χ0n) is 11.7. The van der Waals surface area contributed by atoms with E-state index in [0.29, 0.717) is 18.2 Å². The largest absolute Gasteiger partial charge is 0.496 e. The van der Waals surface area contributed by atoms with Gasteiger partial charge in [0.1, 0.15) is 11.5 Å². The monoisotopic (exact) mass is 291 g/mol. The molecule has 1 N–H and O–H groups in total. The molecule has 0 aliphatic heterocycles. The molecular weight excluding hydrogens is 274 g/mol. The van der Waals surface area contributed by atoms with E-state index in [1.54, 1.807) is 7.11 Å². The lowest BCUT2D eigenvalue weighted by Gasteiger charge is -2.11. The van der Waals surface area contributed by atoms with E-state index < -0.39 is 0 Å². The number of ether oxygens (including phenoxy) is 2. The summed E-state index contributed by atoms with van der Waals surface area (Å²) in [5.74, 6) is 1.70. The highest BCUT2D eigenvalue weighted by atomic mass is 35.5. The number of methoxy groups -OCH3 is 1. The van der Waals surface area contributed by atoms with Gasteiger partial charge in [0.05, 0.1) is 13.7 Å². The molecule has 2 rings (SSSR count). The van der Waals surface area contributed by atoms with Crippen molar-refractivity contribution >= 4 is 17.3 Å². The molecule has 0 fully saturated rings. The predicted molar refractivity (Wildman–Crippen MR) is 82.9 cm³/mol. The van der Waals surface area contributed by atoms with Crippen molar-refractivity contribution in [3.8, 4) is 11.5 Å². The van der Waals surface area contributed by atoms with E-state index >= 15 is 0 Å². The minimum Gasteiger partial charge on any atom is -0.496 e. The first-order chi connectivity index (χ1) is 9.72. The summed E-state index contributed by atoms with van der Waals surface area (Å²) in [6, 6.07) is 13.5. The van der Waals surface area contributed by atoms with E-state index in [1.165, 1.54) is 0 Å². The van der Waals surface area contributed by atoms with Crippen LogP contribution in [0, 0.1) is 0 Å². The van der Waals surface area contributed by atoms with Crippen LogP contribution in [0.3, 0.4) is 0 Å². The van der Waals surface area contributed by atoms with Crippen molar-refractivity contribution in [2.24, 2.45) is 0 Å². The molecule has 2 aromatic carbocycles. The van der Waals surface area contributed by atoms with Gasteiger partial charge in [0.15, 0.2) is 0 Å². The van der Waals surface area contributed by atoms with Crippen LogP contribution in [0.4, 0.5) is 5.69 Å². The molecule has 0 amide bonds. The molecule has 0 atom stereocenters. The Morgan fingerprint density at radius 2 is 1.85 bits per heavy atom. The minimum atomic E-state index is 0.651. The quantitative estimate of drug-likeness (QED) is 0.858. The molecule has 0 bridgehead atoms. The maximum Gasteiger partial charge on any atom is 0.123 e. The third kappa shape index (κ3) is 3.81. The Morgan fingerprint density at radius 1 is 1.10 bits per heavy atom. The van der Waals surface area contributed by atoms with E-state index in [9.17, 15) is 0 Å². The van der Waals surface area contributed by atoms with Crippen LogP contribution in [-0.4, -0.2) is 13.7 Å². The van der Waals surface area contributed by atoms with E-state index in [0.717, 1.165) is 22.7 Å². The molecule has 0 aliphatic rings. The van der Waals surface area contributed by atoms with Crippen molar-refractivity contribution < 1.29 is 9.47 Å². The number of anilines is 1. The van der Waals surface area contributed by atoms with Crippen LogP contribution in [0.5, 0.6) is 11.5 Å². The highest BCUT2D eigenvalue weighted by molar-refractivity contribution is 6.30. The van der Waals surface area contributed by atoms with Crippen LogP contribution in [0.25, 0.3) is 0 Å². The van der Waals surface area contributed by atoms with Gasteiger partial charge in [0.2, 0.25) is 0 Å². The maximum absolute atomic E-state index is 6.01. The van der Waals surface area contributed by atoms with Gasteiger partial charge in [0, 0.05) is 22.8 Å². The average Bonchev–Trinajstić information content (AvgIpc) is 2.47.